The molecule has 2 aromatic rings. The second kappa shape index (κ2) is 19.7. The Morgan fingerprint density at radius 1 is 1.04 bits per heavy atom. The van der Waals surface area contributed by atoms with Gasteiger partial charge in [0.25, 0.3) is 0 Å². The van der Waals surface area contributed by atoms with Gasteiger partial charge in [0.05, 0.1) is 0 Å². The number of hydrogen-bond acceptors (Lipinski definition) is 2. The SMILES string of the molecule is C#C/C=C\C(=C/C)NC/C=C\C(C)=C/CCC1=CC(c2ccccc2C(=C)C(/C=C\C)/C(=C\C)Nc2ccc(C)cc2)=C2C/C=C\C=C/C1C2. The van der Waals surface area contributed by atoms with E-state index < -0.39 is 0 Å². The highest BCUT2D eigenvalue weighted by molar-refractivity contribution is 5.88. The third kappa shape index (κ3) is 10.6. The average molecular weight is 659 g/mol. The number of aryl methyl sites for hydroxylation is 1. The summed E-state index contributed by atoms with van der Waals surface area (Å²) in [4.78, 5) is 0. The molecule has 0 saturated carbocycles. The molecule has 2 bridgehead atoms. The molecule has 2 unspecified atom stereocenters. The Hall–Kier alpha value is -5.26. The predicted octanol–water partition coefficient (Wildman–Crippen LogP) is 12.4. The van der Waals surface area contributed by atoms with E-state index in [-0.39, 0.29) is 5.92 Å². The molecule has 2 N–H and O–H groups in total. The van der Waals surface area contributed by atoms with Crippen molar-refractivity contribution in [1.29, 1.82) is 0 Å². The van der Waals surface area contributed by atoms with E-state index in [2.05, 4.69) is 160 Å². The lowest BCUT2D eigenvalue weighted by molar-refractivity contribution is 0.682. The third-order valence-corrected chi connectivity index (χ3v) is 9.29. The molecular weight excluding hydrogens is 605 g/mol. The molecule has 0 spiro atoms. The Balaban J connectivity index is 1.58. The number of nitrogens with one attached hydrogen (secondary N) is 2. The molecule has 0 fully saturated rings. The van der Waals surface area contributed by atoms with Crippen LogP contribution in [0.4, 0.5) is 5.69 Å². The number of hydrogen-bond donors (Lipinski definition) is 2. The molecule has 50 heavy (non-hydrogen) atoms. The van der Waals surface area contributed by atoms with E-state index in [1.807, 2.05) is 19.1 Å². The fourth-order valence-electron chi connectivity index (χ4n) is 6.55. The molecule has 2 atom stereocenters. The number of benzene rings is 2. The van der Waals surface area contributed by atoms with Gasteiger partial charge in [0.2, 0.25) is 0 Å². The second-order valence-electron chi connectivity index (χ2n) is 12.9. The zero-order valence-corrected chi connectivity index (χ0v) is 30.7. The number of allylic oxidation sites excluding steroid dienone is 17. The van der Waals surface area contributed by atoms with Crippen LogP contribution in [0.5, 0.6) is 0 Å². The van der Waals surface area contributed by atoms with Gasteiger partial charge >= 0.3 is 0 Å². The maximum atomic E-state index is 5.35. The highest BCUT2D eigenvalue weighted by Gasteiger charge is 2.25. The van der Waals surface area contributed by atoms with Gasteiger partial charge in [-0.05, 0) is 107 Å². The van der Waals surface area contributed by atoms with Crippen molar-refractivity contribution in [2.24, 2.45) is 11.8 Å². The molecule has 4 rings (SSSR count). The summed E-state index contributed by atoms with van der Waals surface area (Å²) >= 11 is 0. The van der Waals surface area contributed by atoms with Crippen molar-refractivity contribution in [3.8, 4) is 12.3 Å². The topological polar surface area (TPSA) is 24.1 Å². The zero-order valence-electron chi connectivity index (χ0n) is 30.7. The first-order valence-corrected chi connectivity index (χ1v) is 17.9. The maximum absolute atomic E-state index is 5.35. The third-order valence-electron chi connectivity index (χ3n) is 9.29. The molecule has 0 aromatic heterocycles. The van der Waals surface area contributed by atoms with Gasteiger partial charge in [-0.2, -0.15) is 0 Å². The smallest absolute Gasteiger partial charge is 0.0417 e. The van der Waals surface area contributed by atoms with Gasteiger partial charge in [0.1, 0.15) is 0 Å². The Morgan fingerprint density at radius 2 is 1.84 bits per heavy atom. The summed E-state index contributed by atoms with van der Waals surface area (Å²) in [6.07, 6.45) is 39.9. The standard InChI is InChI=1S/C48H54N2/c1-8-12-26-42(10-3)49-33-19-22-36(5)21-18-25-40-35-47(41-24-15-13-14-23-39(40)34-41)46-28-17-16-27-44(46)38(7)45(20-9-2)48(11-4)50-43-31-29-37(6)30-32-43/h1,9-17,19-23,26-32,35,39,45,49-50H,7,18,24-25,33-34H2,2-6H3/b15-13-,20-9-,22-19-,23-14-,26-12-,36-21-,42-10+,48-11+. The summed E-state index contributed by atoms with van der Waals surface area (Å²) in [6, 6.07) is 17.4. The van der Waals surface area contributed by atoms with E-state index >= 15 is 0 Å². The fourth-order valence-corrected chi connectivity index (χ4v) is 6.55. The van der Waals surface area contributed by atoms with Crippen molar-refractivity contribution >= 4 is 16.8 Å². The lowest BCUT2D eigenvalue weighted by atomic mass is 9.76. The predicted molar refractivity (Wildman–Crippen MR) is 220 cm³/mol. The van der Waals surface area contributed by atoms with E-state index in [0.29, 0.717) is 5.92 Å². The molecule has 0 amide bonds. The number of anilines is 1. The van der Waals surface area contributed by atoms with E-state index in [1.165, 1.54) is 39.0 Å². The number of fused-ring (bicyclic) bond motifs is 2. The monoisotopic (exact) mass is 658 g/mol. The molecular formula is C48H54N2. The van der Waals surface area contributed by atoms with Gasteiger partial charge in [-0.1, -0.05) is 144 Å². The van der Waals surface area contributed by atoms with Crippen molar-refractivity contribution in [3.05, 3.63) is 185 Å². The van der Waals surface area contributed by atoms with Crippen molar-refractivity contribution in [2.45, 2.75) is 60.3 Å². The highest BCUT2D eigenvalue weighted by Crippen LogP contribution is 2.42. The van der Waals surface area contributed by atoms with Gasteiger partial charge in [-0.3, -0.25) is 0 Å². The summed E-state index contributed by atoms with van der Waals surface area (Å²) in [7, 11) is 0. The highest BCUT2D eigenvalue weighted by atomic mass is 14.9. The Morgan fingerprint density at radius 3 is 2.58 bits per heavy atom. The first kappa shape index (κ1) is 37.6. The van der Waals surface area contributed by atoms with Gasteiger partial charge in [0.15, 0.2) is 0 Å². The Kier molecular flexibility index (Phi) is 14.8. The minimum absolute atomic E-state index is 0.0124. The maximum Gasteiger partial charge on any atom is 0.0417 e. The lowest BCUT2D eigenvalue weighted by Gasteiger charge is -2.29. The summed E-state index contributed by atoms with van der Waals surface area (Å²) in [5.41, 5.74) is 13.6. The van der Waals surface area contributed by atoms with Crippen LogP contribution in [0, 0.1) is 31.1 Å². The van der Waals surface area contributed by atoms with Crippen LogP contribution in [0.2, 0.25) is 0 Å². The van der Waals surface area contributed by atoms with Gasteiger partial charge in [-0.25, -0.2) is 0 Å². The van der Waals surface area contributed by atoms with Crippen LogP contribution in [0.1, 0.15) is 70.1 Å². The van der Waals surface area contributed by atoms with E-state index in [1.54, 1.807) is 6.08 Å². The number of terminal acetylenes is 1. The summed E-state index contributed by atoms with van der Waals surface area (Å²) < 4.78 is 0. The molecule has 2 aromatic carbocycles. The van der Waals surface area contributed by atoms with Gasteiger partial charge in [-0.15, -0.1) is 6.42 Å². The first-order chi connectivity index (χ1) is 24.4. The summed E-state index contributed by atoms with van der Waals surface area (Å²) in [5, 5.41) is 7.09. The largest absolute Gasteiger partial charge is 0.382 e. The average Bonchev–Trinajstić information content (AvgIpc) is 3.12. The molecule has 2 nitrogen and oxygen atoms in total. The molecule has 0 aliphatic heterocycles. The van der Waals surface area contributed by atoms with Crippen LogP contribution in [-0.2, 0) is 0 Å². The van der Waals surface area contributed by atoms with Crippen molar-refractivity contribution in [3.63, 3.8) is 0 Å². The van der Waals surface area contributed by atoms with Crippen molar-refractivity contribution < 1.29 is 0 Å². The van der Waals surface area contributed by atoms with Crippen LogP contribution in [0.25, 0.3) is 11.1 Å². The van der Waals surface area contributed by atoms with Crippen LogP contribution in [0.15, 0.2) is 168 Å². The second-order valence-corrected chi connectivity index (χ2v) is 12.9. The Bertz CT molecular complexity index is 1830. The van der Waals surface area contributed by atoms with Gasteiger partial charge < -0.3 is 10.6 Å². The zero-order chi connectivity index (χ0) is 35.7. The van der Waals surface area contributed by atoms with Crippen LogP contribution in [0.3, 0.4) is 0 Å². The van der Waals surface area contributed by atoms with Crippen LogP contribution < -0.4 is 10.6 Å². The van der Waals surface area contributed by atoms with Crippen molar-refractivity contribution in [1.82, 2.24) is 5.32 Å². The van der Waals surface area contributed by atoms with Crippen LogP contribution in [-0.4, -0.2) is 6.54 Å². The molecule has 256 valence electrons. The van der Waals surface area contributed by atoms with E-state index in [0.717, 1.165) is 54.9 Å². The normalized spacial score (nSPS) is 18.8. The molecule has 2 heteroatoms. The quantitative estimate of drug-likeness (QED) is 0.113. The number of rotatable bonds is 15. The minimum atomic E-state index is 0.0124. The minimum Gasteiger partial charge on any atom is -0.382 e. The molecule has 2 aliphatic carbocycles. The van der Waals surface area contributed by atoms with Crippen molar-refractivity contribution in [2.75, 3.05) is 11.9 Å². The van der Waals surface area contributed by atoms with Crippen LogP contribution >= 0.6 is 0 Å². The molecule has 0 radical (unpaired) electrons. The Labute approximate surface area is 302 Å². The summed E-state index contributed by atoms with van der Waals surface area (Å²) in [5.74, 6) is 2.97. The summed E-state index contributed by atoms with van der Waals surface area (Å²) in [6.45, 7) is 16.0. The molecule has 0 heterocycles. The first-order valence-electron chi connectivity index (χ1n) is 17.9. The van der Waals surface area contributed by atoms with E-state index in [9.17, 15) is 0 Å². The molecule has 0 saturated heterocycles. The fraction of sp³-hybridized carbons (Fsp3) is 0.250. The van der Waals surface area contributed by atoms with E-state index in [4.69, 9.17) is 13.0 Å². The van der Waals surface area contributed by atoms with Gasteiger partial charge in [0, 0.05) is 35.5 Å². The molecule has 2 aliphatic rings. The lowest BCUT2D eigenvalue weighted by Crippen LogP contribution is -2.14.